The van der Waals surface area contributed by atoms with Crippen molar-refractivity contribution in [3.8, 4) is 17.0 Å². The van der Waals surface area contributed by atoms with Crippen molar-refractivity contribution >= 4 is 54.0 Å². The number of phenols is 1. The fourth-order valence-corrected chi connectivity index (χ4v) is 4.07. The third-order valence-corrected chi connectivity index (χ3v) is 6.40. The third-order valence-electron chi connectivity index (χ3n) is 6.40. The summed E-state index contributed by atoms with van der Waals surface area (Å²) in [6.07, 6.45) is 1.99. The molecule has 0 bridgehead atoms. The number of amidine groups is 1. The van der Waals surface area contributed by atoms with E-state index in [1.165, 1.54) is 24.4 Å². The number of nitrogens with one attached hydrogen (secondary N) is 4. The average Bonchev–Trinajstić information content (AvgIpc) is 2.93. The lowest BCUT2D eigenvalue weighted by Gasteiger charge is -2.18. The molecule has 3 aromatic rings. The van der Waals surface area contributed by atoms with Crippen LogP contribution in [0, 0.1) is 22.9 Å². The largest absolute Gasteiger partial charge is 0.504 e. The maximum Gasteiger partial charge on any atom is 0.294 e. The second kappa shape index (κ2) is 16.0. The van der Waals surface area contributed by atoms with Gasteiger partial charge < -0.3 is 32.5 Å². The van der Waals surface area contributed by atoms with Gasteiger partial charge >= 0.3 is 0 Å². The number of aromatic hydroxyl groups is 1. The van der Waals surface area contributed by atoms with E-state index in [-0.39, 0.29) is 65.2 Å². The molecule has 3 rings (SSSR count). The van der Waals surface area contributed by atoms with Crippen molar-refractivity contribution in [2.45, 2.75) is 59.3 Å². The van der Waals surface area contributed by atoms with E-state index in [0.717, 1.165) is 4.57 Å². The molecule has 0 spiro atoms. The van der Waals surface area contributed by atoms with Crippen LogP contribution < -0.4 is 33.0 Å². The molecule has 45 heavy (non-hydrogen) atoms. The molecule has 0 unspecified atom stereocenters. The summed E-state index contributed by atoms with van der Waals surface area (Å²) in [5, 5.41) is 25.0. The number of anilines is 2. The summed E-state index contributed by atoms with van der Waals surface area (Å²) in [5.41, 5.74) is 9.04. The van der Waals surface area contributed by atoms with E-state index in [4.69, 9.17) is 16.9 Å². The van der Waals surface area contributed by atoms with Crippen molar-refractivity contribution in [2.75, 3.05) is 11.1 Å². The number of nitrogen functional groups attached to an aromatic ring is 2. The minimum Gasteiger partial charge on any atom is -0.504 e. The van der Waals surface area contributed by atoms with Gasteiger partial charge in [-0.1, -0.05) is 6.92 Å². The maximum atomic E-state index is 14.6. The van der Waals surface area contributed by atoms with Crippen molar-refractivity contribution < 1.29 is 27.9 Å². The minimum absolute atomic E-state index is 0. The first-order chi connectivity index (χ1) is 20.2. The molecule has 0 saturated heterocycles. The molecule has 246 valence electrons. The lowest BCUT2D eigenvalue weighted by atomic mass is 10.1. The molecule has 1 atom stereocenters. The van der Waals surface area contributed by atoms with Crippen molar-refractivity contribution in [3.05, 3.63) is 68.9 Å². The summed E-state index contributed by atoms with van der Waals surface area (Å²) in [6, 6.07) is 4.08. The van der Waals surface area contributed by atoms with Gasteiger partial charge in [0.05, 0.1) is 17.5 Å². The van der Waals surface area contributed by atoms with Crippen molar-refractivity contribution in [1.29, 1.82) is 5.41 Å². The number of hydrogen-bond acceptors (Lipinski definition) is 8. The van der Waals surface area contributed by atoms with Crippen LogP contribution in [0.3, 0.4) is 0 Å². The van der Waals surface area contributed by atoms with Crippen LogP contribution in [-0.2, 0) is 17.9 Å². The molecule has 0 aliphatic rings. The molecule has 0 aliphatic carbocycles. The summed E-state index contributed by atoms with van der Waals surface area (Å²) < 4.78 is 44.6. The van der Waals surface area contributed by atoms with Crippen LogP contribution >= 0.6 is 24.8 Å². The molecule has 2 aromatic carbocycles. The minimum atomic E-state index is -1.76. The highest BCUT2D eigenvalue weighted by Crippen LogP contribution is 2.30. The van der Waals surface area contributed by atoms with Crippen LogP contribution in [0.4, 0.5) is 24.7 Å². The number of hydrogen-bond donors (Lipinski definition) is 7. The second-order valence-corrected chi connectivity index (χ2v) is 10.1. The number of rotatable bonds is 11. The maximum absolute atomic E-state index is 14.6. The Balaban J connectivity index is 0.00000506. The molecule has 12 nitrogen and oxygen atoms in total. The van der Waals surface area contributed by atoms with E-state index >= 15 is 0 Å². The Morgan fingerprint density at radius 3 is 2.31 bits per heavy atom. The number of halogens is 5. The molecule has 17 heteroatoms. The summed E-state index contributed by atoms with van der Waals surface area (Å²) in [4.78, 5) is 43.3. The van der Waals surface area contributed by atoms with E-state index in [9.17, 15) is 32.7 Å². The van der Waals surface area contributed by atoms with E-state index < -0.39 is 70.6 Å². The first-order valence-corrected chi connectivity index (χ1v) is 13.2. The SMILES string of the molecule is CC[C@H](C)NC(=O)c1cc(N)cc(-c2cnc(NC(C)C)c(=O)n2CC(=O)NCc2c(F)c(O)c(C(=N)N)c(F)c2F)c1.Cl.Cl. The zero-order valence-electron chi connectivity index (χ0n) is 24.8. The highest BCUT2D eigenvalue weighted by Gasteiger charge is 2.27. The predicted octanol–water partition coefficient (Wildman–Crippen LogP) is 3.41. The Bertz CT molecular complexity index is 1620. The predicted molar refractivity (Wildman–Crippen MR) is 170 cm³/mol. The second-order valence-electron chi connectivity index (χ2n) is 10.1. The van der Waals surface area contributed by atoms with Crippen LogP contribution in [0.1, 0.15) is 55.6 Å². The highest BCUT2D eigenvalue weighted by molar-refractivity contribution is 5.98. The number of aromatic nitrogens is 2. The molecule has 0 saturated carbocycles. The van der Waals surface area contributed by atoms with Gasteiger partial charge in [-0.2, -0.15) is 0 Å². The summed E-state index contributed by atoms with van der Waals surface area (Å²) in [7, 11) is 0. The fraction of sp³-hybridized carbons (Fsp3) is 0.321. The Hall–Kier alpha value is -4.50. The van der Waals surface area contributed by atoms with Gasteiger partial charge in [-0.15, -0.1) is 24.8 Å². The molecule has 2 amide bonds. The molecular weight excluding hydrogens is 640 g/mol. The van der Waals surface area contributed by atoms with Gasteiger partial charge in [-0.25, -0.2) is 18.2 Å². The van der Waals surface area contributed by atoms with Crippen LogP contribution in [0.15, 0.2) is 29.2 Å². The Labute approximate surface area is 269 Å². The standard InChI is InChI=1S/C28H33F3N8O4.2ClH/c1-5-13(4)38-27(42)15-6-14(7-16(32)8-15)18-10-36-26(37-12(2)3)28(43)39(18)11-19(40)35-9-17-21(29)23(31)20(25(33)34)24(41)22(17)30;;/h6-8,10,12-13,41H,5,9,11,32H2,1-4H3,(H3,33,34)(H,35,40)(H,36,37)(H,38,42);2*1H/t13-;;/m0../s1. The average molecular weight is 676 g/mol. The molecular formula is C28H35Cl2F3N8O4. The van der Waals surface area contributed by atoms with E-state index in [0.29, 0.717) is 6.42 Å². The lowest BCUT2D eigenvalue weighted by molar-refractivity contribution is -0.121. The Morgan fingerprint density at radius 2 is 1.73 bits per heavy atom. The van der Waals surface area contributed by atoms with Crippen molar-refractivity contribution in [3.63, 3.8) is 0 Å². The molecule has 1 heterocycles. The topological polar surface area (TPSA) is 201 Å². The highest BCUT2D eigenvalue weighted by atomic mass is 35.5. The zero-order valence-corrected chi connectivity index (χ0v) is 26.4. The summed E-state index contributed by atoms with van der Waals surface area (Å²) in [6.45, 7) is 5.67. The van der Waals surface area contributed by atoms with Gasteiger partial charge in [0, 0.05) is 41.0 Å². The van der Waals surface area contributed by atoms with Gasteiger partial charge in [0.2, 0.25) is 5.91 Å². The summed E-state index contributed by atoms with van der Waals surface area (Å²) >= 11 is 0. The van der Waals surface area contributed by atoms with Gasteiger partial charge in [-0.3, -0.25) is 24.4 Å². The van der Waals surface area contributed by atoms with Gasteiger partial charge in [0.1, 0.15) is 12.4 Å². The lowest BCUT2D eigenvalue weighted by Crippen LogP contribution is -2.35. The van der Waals surface area contributed by atoms with Gasteiger partial charge in [0.15, 0.2) is 29.0 Å². The van der Waals surface area contributed by atoms with E-state index in [1.54, 1.807) is 13.8 Å². The molecule has 0 radical (unpaired) electrons. The van der Waals surface area contributed by atoms with Crippen LogP contribution in [-0.4, -0.2) is 44.4 Å². The fourth-order valence-electron chi connectivity index (χ4n) is 4.07. The smallest absolute Gasteiger partial charge is 0.294 e. The third kappa shape index (κ3) is 8.79. The normalized spacial score (nSPS) is 11.2. The molecule has 1 aromatic heterocycles. The van der Waals surface area contributed by atoms with Crippen LogP contribution in [0.2, 0.25) is 0 Å². The molecule has 9 N–H and O–H groups in total. The van der Waals surface area contributed by atoms with Gasteiger partial charge in [-0.05, 0) is 45.4 Å². The molecule has 0 aliphatic heterocycles. The first-order valence-electron chi connectivity index (χ1n) is 13.2. The first kappa shape index (κ1) is 38.5. The quantitative estimate of drug-likeness (QED) is 0.0694. The summed E-state index contributed by atoms with van der Waals surface area (Å²) in [5.74, 6) is -9.03. The zero-order chi connectivity index (χ0) is 32.2. The van der Waals surface area contributed by atoms with Crippen molar-refractivity contribution in [2.24, 2.45) is 5.73 Å². The monoisotopic (exact) mass is 674 g/mol. The number of phenolic OH excluding ortho intramolecular Hbond substituents is 1. The Kier molecular flexibility index (Phi) is 13.7. The number of amides is 2. The van der Waals surface area contributed by atoms with Gasteiger partial charge in [0.25, 0.3) is 11.5 Å². The van der Waals surface area contributed by atoms with Crippen LogP contribution in [0.25, 0.3) is 11.3 Å². The van der Waals surface area contributed by atoms with Crippen molar-refractivity contribution in [1.82, 2.24) is 20.2 Å². The van der Waals surface area contributed by atoms with E-state index in [1.807, 2.05) is 13.8 Å². The number of carbonyl (C=O) groups excluding carboxylic acids is 2. The van der Waals surface area contributed by atoms with Crippen LogP contribution in [0.5, 0.6) is 5.75 Å². The Morgan fingerprint density at radius 1 is 1.09 bits per heavy atom. The molecule has 0 fully saturated rings. The number of nitrogens with zero attached hydrogens (tertiary/aromatic N) is 2. The number of nitrogens with two attached hydrogens (primary N) is 2. The number of carbonyl (C=O) groups is 2. The van der Waals surface area contributed by atoms with E-state index in [2.05, 4.69) is 20.9 Å². The number of benzene rings is 2.